The second kappa shape index (κ2) is 6.59. The van der Waals surface area contributed by atoms with Crippen LogP contribution in [0.1, 0.15) is 26.7 Å². The van der Waals surface area contributed by atoms with Gasteiger partial charge in [0, 0.05) is 13.1 Å². The zero-order valence-corrected chi connectivity index (χ0v) is 10.6. The van der Waals surface area contributed by atoms with Gasteiger partial charge in [-0.3, -0.25) is 9.59 Å². The minimum atomic E-state index is -1.07. The molecular weight excluding hydrogens is 220 g/mol. The van der Waals surface area contributed by atoms with Crippen molar-refractivity contribution in [2.45, 2.75) is 26.7 Å². The highest BCUT2D eigenvalue weighted by Gasteiger charge is 2.21. The van der Waals surface area contributed by atoms with Gasteiger partial charge in [0.1, 0.15) is 5.92 Å². The van der Waals surface area contributed by atoms with E-state index in [0.717, 1.165) is 19.6 Å². The molecule has 1 amide bonds. The molecule has 98 valence electrons. The molecule has 2 N–H and O–H groups in total. The van der Waals surface area contributed by atoms with Crippen LogP contribution in [-0.2, 0) is 9.59 Å². The van der Waals surface area contributed by atoms with Gasteiger partial charge in [-0.15, -0.1) is 0 Å². The highest BCUT2D eigenvalue weighted by Crippen LogP contribution is 2.09. The van der Waals surface area contributed by atoms with Gasteiger partial charge in [0.2, 0.25) is 5.91 Å². The van der Waals surface area contributed by atoms with Gasteiger partial charge < -0.3 is 15.3 Å². The van der Waals surface area contributed by atoms with E-state index in [4.69, 9.17) is 5.11 Å². The van der Waals surface area contributed by atoms with E-state index in [1.807, 2.05) is 0 Å². The molecule has 1 saturated heterocycles. The number of likely N-dealkylation sites (tertiary alicyclic amines) is 1. The predicted octanol–water partition coefficient (Wildman–Crippen LogP) is 0.555. The molecule has 5 nitrogen and oxygen atoms in total. The second-order valence-electron chi connectivity index (χ2n) is 4.92. The van der Waals surface area contributed by atoms with Gasteiger partial charge in [-0.05, 0) is 38.8 Å². The van der Waals surface area contributed by atoms with Gasteiger partial charge in [-0.1, -0.05) is 6.92 Å². The minimum absolute atomic E-state index is 0.359. The van der Waals surface area contributed by atoms with Crippen molar-refractivity contribution < 1.29 is 14.7 Å². The molecule has 1 rings (SSSR count). The van der Waals surface area contributed by atoms with Crippen molar-refractivity contribution in [3.8, 4) is 0 Å². The van der Waals surface area contributed by atoms with E-state index in [9.17, 15) is 9.59 Å². The Hall–Kier alpha value is -1.10. The van der Waals surface area contributed by atoms with Crippen LogP contribution < -0.4 is 5.32 Å². The number of aliphatic carboxylic acids is 1. The van der Waals surface area contributed by atoms with Gasteiger partial charge in [0.15, 0.2) is 0 Å². The number of nitrogens with one attached hydrogen (secondary N) is 1. The van der Waals surface area contributed by atoms with E-state index in [1.54, 1.807) is 0 Å². The third-order valence-corrected chi connectivity index (χ3v) is 3.16. The summed E-state index contributed by atoms with van der Waals surface area (Å²) in [6, 6.07) is 0. The van der Waals surface area contributed by atoms with E-state index in [0.29, 0.717) is 12.5 Å². The van der Waals surface area contributed by atoms with Crippen molar-refractivity contribution >= 4 is 11.9 Å². The van der Waals surface area contributed by atoms with E-state index < -0.39 is 17.8 Å². The summed E-state index contributed by atoms with van der Waals surface area (Å²) in [7, 11) is 0. The first-order valence-corrected chi connectivity index (χ1v) is 6.23. The van der Waals surface area contributed by atoms with Crippen molar-refractivity contribution in [1.82, 2.24) is 10.2 Å². The quantitative estimate of drug-likeness (QED) is 0.668. The summed E-state index contributed by atoms with van der Waals surface area (Å²) in [5.74, 6) is -2.08. The van der Waals surface area contributed by atoms with Gasteiger partial charge >= 0.3 is 5.97 Å². The number of carboxylic acids is 1. The number of carboxylic acid groups (broad SMARTS) is 1. The maximum absolute atomic E-state index is 11.4. The van der Waals surface area contributed by atoms with Crippen LogP contribution in [0, 0.1) is 11.8 Å². The summed E-state index contributed by atoms with van der Waals surface area (Å²) in [6.07, 6.45) is 2.52. The van der Waals surface area contributed by atoms with Crippen molar-refractivity contribution in [2.75, 3.05) is 26.2 Å². The Morgan fingerprint density at radius 1 is 1.29 bits per heavy atom. The molecule has 1 fully saturated rings. The Bertz CT molecular complexity index is 275. The molecule has 2 unspecified atom stereocenters. The summed E-state index contributed by atoms with van der Waals surface area (Å²) in [6.45, 7) is 7.29. The Balaban J connectivity index is 2.20. The molecular formula is C12H22N2O3. The predicted molar refractivity (Wildman–Crippen MR) is 64.6 cm³/mol. The van der Waals surface area contributed by atoms with Crippen LogP contribution in [0.2, 0.25) is 0 Å². The summed E-state index contributed by atoms with van der Waals surface area (Å²) in [5, 5.41) is 11.4. The maximum atomic E-state index is 11.4. The first kappa shape index (κ1) is 14.0. The normalized spacial score (nSPS) is 19.9. The number of nitrogens with zero attached hydrogens (tertiary/aromatic N) is 1. The average molecular weight is 242 g/mol. The van der Waals surface area contributed by atoms with Crippen molar-refractivity contribution in [3.63, 3.8) is 0 Å². The Morgan fingerprint density at radius 3 is 2.41 bits per heavy atom. The molecule has 1 aliphatic heterocycles. The maximum Gasteiger partial charge on any atom is 0.315 e. The number of amides is 1. The summed E-state index contributed by atoms with van der Waals surface area (Å²) >= 11 is 0. The van der Waals surface area contributed by atoms with E-state index in [-0.39, 0.29) is 0 Å². The molecule has 1 aliphatic rings. The van der Waals surface area contributed by atoms with Crippen LogP contribution in [0.25, 0.3) is 0 Å². The van der Waals surface area contributed by atoms with E-state index >= 15 is 0 Å². The van der Waals surface area contributed by atoms with E-state index in [1.165, 1.54) is 19.8 Å². The lowest BCUT2D eigenvalue weighted by Crippen LogP contribution is -2.38. The van der Waals surface area contributed by atoms with Crippen LogP contribution in [-0.4, -0.2) is 48.1 Å². The SMILES string of the molecule is CC(CNC(=O)C(C)C(=O)O)CN1CCCC1. The summed E-state index contributed by atoms with van der Waals surface area (Å²) in [4.78, 5) is 24.4. The van der Waals surface area contributed by atoms with Crippen LogP contribution >= 0.6 is 0 Å². The molecule has 1 heterocycles. The number of carbonyl (C=O) groups is 2. The molecule has 0 radical (unpaired) electrons. The number of rotatable bonds is 6. The monoisotopic (exact) mass is 242 g/mol. The molecule has 0 saturated carbocycles. The van der Waals surface area contributed by atoms with Crippen LogP contribution in [0.4, 0.5) is 0 Å². The summed E-state index contributed by atoms with van der Waals surface area (Å²) in [5.41, 5.74) is 0. The number of hydrogen-bond acceptors (Lipinski definition) is 3. The summed E-state index contributed by atoms with van der Waals surface area (Å²) < 4.78 is 0. The van der Waals surface area contributed by atoms with Gasteiger partial charge in [0.25, 0.3) is 0 Å². The highest BCUT2D eigenvalue weighted by molar-refractivity contribution is 5.96. The minimum Gasteiger partial charge on any atom is -0.481 e. The van der Waals surface area contributed by atoms with Gasteiger partial charge in [-0.25, -0.2) is 0 Å². The zero-order chi connectivity index (χ0) is 12.8. The molecule has 5 heteroatoms. The largest absolute Gasteiger partial charge is 0.481 e. The first-order valence-electron chi connectivity index (χ1n) is 6.23. The number of hydrogen-bond donors (Lipinski definition) is 2. The Morgan fingerprint density at radius 2 is 1.88 bits per heavy atom. The molecule has 0 spiro atoms. The van der Waals surface area contributed by atoms with Crippen molar-refractivity contribution in [1.29, 1.82) is 0 Å². The standard InChI is InChI=1S/C12H22N2O3/c1-9(8-14-5-3-4-6-14)7-13-11(15)10(2)12(16)17/h9-10H,3-8H2,1-2H3,(H,13,15)(H,16,17). The van der Waals surface area contributed by atoms with Crippen LogP contribution in [0.15, 0.2) is 0 Å². The first-order chi connectivity index (χ1) is 8.00. The number of carbonyl (C=O) groups excluding carboxylic acids is 1. The zero-order valence-electron chi connectivity index (χ0n) is 10.6. The van der Waals surface area contributed by atoms with Crippen LogP contribution in [0.3, 0.4) is 0 Å². The topological polar surface area (TPSA) is 69.6 Å². The van der Waals surface area contributed by atoms with Gasteiger partial charge in [0.05, 0.1) is 0 Å². The van der Waals surface area contributed by atoms with E-state index in [2.05, 4.69) is 17.1 Å². The second-order valence-corrected chi connectivity index (χ2v) is 4.92. The van der Waals surface area contributed by atoms with Crippen molar-refractivity contribution in [2.24, 2.45) is 11.8 Å². The molecule has 0 aromatic carbocycles. The molecule has 0 aromatic heterocycles. The highest BCUT2D eigenvalue weighted by atomic mass is 16.4. The molecule has 0 bridgehead atoms. The molecule has 0 aromatic rings. The smallest absolute Gasteiger partial charge is 0.315 e. The Kier molecular flexibility index (Phi) is 5.41. The lowest BCUT2D eigenvalue weighted by molar-refractivity contribution is -0.146. The fourth-order valence-corrected chi connectivity index (χ4v) is 2.01. The Labute approximate surface area is 102 Å². The third-order valence-electron chi connectivity index (χ3n) is 3.16. The fraction of sp³-hybridized carbons (Fsp3) is 0.833. The fourth-order valence-electron chi connectivity index (χ4n) is 2.01. The van der Waals surface area contributed by atoms with Crippen LogP contribution in [0.5, 0.6) is 0 Å². The van der Waals surface area contributed by atoms with Gasteiger partial charge in [-0.2, -0.15) is 0 Å². The third kappa shape index (κ3) is 4.73. The lowest BCUT2D eigenvalue weighted by atomic mass is 10.1. The molecule has 0 aliphatic carbocycles. The average Bonchev–Trinajstić information content (AvgIpc) is 2.77. The lowest BCUT2D eigenvalue weighted by Gasteiger charge is -2.20. The molecule has 2 atom stereocenters. The van der Waals surface area contributed by atoms with Crippen molar-refractivity contribution in [3.05, 3.63) is 0 Å². The molecule has 17 heavy (non-hydrogen) atoms.